The fraction of sp³-hybridized carbons (Fsp3) is 0.600. The van der Waals surface area contributed by atoms with Crippen molar-refractivity contribution in [3.63, 3.8) is 0 Å². The molecule has 1 amide bonds. The average Bonchev–Trinajstić information content (AvgIpc) is 2.96. The number of ether oxygens (including phenoxy) is 1. The Bertz CT molecular complexity index is 624. The van der Waals surface area contributed by atoms with Gasteiger partial charge in [-0.3, -0.25) is 4.79 Å². The Morgan fingerprint density at radius 2 is 2.19 bits per heavy atom. The molecule has 150 valence electrons. The van der Waals surface area contributed by atoms with E-state index in [2.05, 4.69) is 0 Å². The number of hydrogen-bond acceptors (Lipinski definition) is 4. The number of rotatable bonds is 12. The third-order valence-electron chi connectivity index (χ3n) is 4.81. The van der Waals surface area contributed by atoms with Crippen molar-refractivity contribution < 1.29 is 24.5 Å². The number of aliphatic hydroxyl groups is 1. The minimum atomic E-state index is -0.971. The molecule has 2 N–H and O–H groups in total. The molecule has 1 aromatic rings. The van der Waals surface area contributed by atoms with Crippen LogP contribution in [0.4, 0.5) is 0 Å². The van der Waals surface area contributed by atoms with Gasteiger partial charge in [0.25, 0.3) is 0 Å². The third-order valence-corrected chi connectivity index (χ3v) is 5.04. The highest BCUT2D eigenvalue weighted by Gasteiger charge is 2.30. The molecule has 6 nitrogen and oxygen atoms in total. The highest BCUT2D eigenvalue weighted by atomic mass is 35.5. The van der Waals surface area contributed by atoms with Gasteiger partial charge in [0.1, 0.15) is 6.61 Å². The van der Waals surface area contributed by atoms with Crippen molar-refractivity contribution in [3.05, 3.63) is 34.9 Å². The van der Waals surface area contributed by atoms with E-state index in [1.54, 1.807) is 0 Å². The zero-order valence-corrected chi connectivity index (χ0v) is 16.2. The van der Waals surface area contributed by atoms with Crippen molar-refractivity contribution in [1.29, 1.82) is 0 Å². The van der Waals surface area contributed by atoms with Crippen molar-refractivity contribution in [2.24, 2.45) is 0 Å². The molecule has 0 aromatic heterocycles. The van der Waals surface area contributed by atoms with Crippen LogP contribution in [0.2, 0.25) is 5.02 Å². The monoisotopic (exact) mass is 397 g/mol. The van der Waals surface area contributed by atoms with Crippen LogP contribution in [0.3, 0.4) is 0 Å². The van der Waals surface area contributed by atoms with Crippen LogP contribution in [-0.4, -0.2) is 58.9 Å². The lowest BCUT2D eigenvalue weighted by Crippen LogP contribution is -2.34. The fourth-order valence-electron chi connectivity index (χ4n) is 3.47. The summed E-state index contributed by atoms with van der Waals surface area (Å²) in [7, 11) is 0. The van der Waals surface area contributed by atoms with Crippen molar-refractivity contribution in [3.8, 4) is 0 Å². The number of carboxylic acid groups (broad SMARTS) is 1. The third kappa shape index (κ3) is 7.87. The summed E-state index contributed by atoms with van der Waals surface area (Å²) in [5, 5.41) is 19.5. The summed E-state index contributed by atoms with van der Waals surface area (Å²) in [5.41, 5.74) is 1.01. The molecule has 27 heavy (non-hydrogen) atoms. The molecule has 0 spiro atoms. The van der Waals surface area contributed by atoms with Crippen LogP contribution in [0.15, 0.2) is 24.3 Å². The lowest BCUT2D eigenvalue weighted by molar-refractivity contribution is -0.142. The maximum Gasteiger partial charge on any atom is 0.329 e. The summed E-state index contributed by atoms with van der Waals surface area (Å²) in [6, 6.07) is 7.68. The molecule has 1 saturated heterocycles. The second-order valence-corrected chi connectivity index (χ2v) is 7.43. The Morgan fingerprint density at radius 1 is 1.37 bits per heavy atom. The first-order valence-electron chi connectivity index (χ1n) is 9.47. The molecular weight excluding hydrogens is 370 g/mol. The lowest BCUT2D eigenvalue weighted by Gasteiger charge is -2.25. The first-order chi connectivity index (χ1) is 13.0. The number of likely N-dealkylation sites (tertiary alicyclic amines) is 1. The van der Waals surface area contributed by atoms with Crippen molar-refractivity contribution in [2.45, 2.75) is 57.1 Å². The van der Waals surface area contributed by atoms with Gasteiger partial charge in [0.2, 0.25) is 5.91 Å². The topological polar surface area (TPSA) is 87.1 Å². The van der Waals surface area contributed by atoms with E-state index in [1.807, 2.05) is 29.2 Å². The Balaban J connectivity index is 1.69. The van der Waals surface area contributed by atoms with Gasteiger partial charge in [0, 0.05) is 30.6 Å². The van der Waals surface area contributed by atoms with E-state index in [4.69, 9.17) is 21.4 Å². The molecular formula is C20H28ClNO5. The number of halogens is 1. The number of carbonyl (C=O) groups excluding carboxylic acids is 1. The number of carbonyl (C=O) groups is 2. The summed E-state index contributed by atoms with van der Waals surface area (Å²) in [6.07, 6.45) is 4.43. The Morgan fingerprint density at radius 3 is 2.93 bits per heavy atom. The predicted molar refractivity (Wildman–Crippen MR) is 103 cm³/mol. The normalized spacial score (nSPS) is 18.1. The Hall–Kier alpha value is -1.63. The fourth-order valence-corrected chi connectivity index (χ4v) is 3.68. The summed E-state index contributed by atoms with van der Waals surface area (Å²) in [5.74, 6) is -0.808. The highest BCUT2D eigenvalue weighted by Crippen LogP contribution is 2.24. The number of hydrogen-bond donors (Lipinski definition) is 2. The van der Waals surface area contributed by atoms with E-state index in [-0.39, 0.29) is 18.6 Å². The summed E-state index contributed by atoms with van der Waals surface area (Å²) >= 11 is 5.98. The molecule has 0 radical (unpaired) electrons. The van der Waals surface area contributed by atoms with Crippen molar-refractivity contribution in [1.82, 2.24) is 4.90 Å². The second-order valence-electron chi connectivity index (χ2n) is 7.00. The predicted octanol–water partition coefficient (Wildman–Crippen LogP) is 2.90. The van der Waals surface area contributed by atoms with E-state index >= 15 is 0 Å². The lowest BCUT2D eigenvalue weighted by atomic mass is 10.0. The molecule has 7 heteroatoms. The molecule has 0 bridgehead atoms. The van der Waals surface area contributed by atoms with E-state index in [9.17, 15) is 14.7 Å². The Kier molecular flexibility index (Phi) is 9.04. The van der Waals surface area contributed by atoms with Crippen LogP contribution < -0.4 is 0 Å². The van der Waals surface area contributed by atoms with Crippen LogP contribution in [0.5, 0.6) is 0 Å². The van der Waals surface area contributed by atoms with E-state index in [1.165, 1.54) is 0 Å². The van der Waals surface area contributed by atoms with Gasteiger partial charge >= 0.3 is 5.97 Å². The maximum absolute atomic E-state index is 12.1. The van der Waals surface area contributed by atoms with E-state index in [0.29, 0.717) is 37.4 Å². The average molecular weight is 398 g/mol. The van der Waals surface area contributed by atoms with Gasteiger partial charge in [-0.1, -0.05) is 23.7 Å². The van der Waals surface area contributed by atoms with Crippen molar-refractivity contribution >= 4 is 23.5 Å². The van der Waals surface area contributed by atoms with Gasteiger partial charge in [-0.25, -0.2) is 4.79 Å². The molecule has 2 rings (SSSR count). The number of carboxylic acids is 1. The standard InChI is InChI=1S/C20H28ClNO5/c21-16-5-3-4-15(12-16)13-18(23)8-6-17-7-9-19(24)22(17)10-1-2-11-27-14-20(25)26/h3-5,12,17-18,23H,1-2,6-11,13-14H2,(H,25,26). The summed E-state index contributed by atoms with van der Waals surface area (Å²) in [6.45, 7) is 0.761. The number of nitrogens with zero attached hydrogens (tertiary/aromatic N) is 1. The number of benzene rings is 1. The molecule has 1 fully saturated rings. The summed E-state index contributed by atoms with van der Waals surface area (Å²) < 4.78 is 5.01. The number of aliphatic carboxylic acids is 1. The summed E-state index contributed by atoms with van der Waals surface area (Å²) in [4.78, 5) is 24.4. The van der Waals surface area contributed by atoms with Gasteiger partial charge in [-0.2, -0.15) is 0 Å². The minimum absolute atomic E-state index is 0.163. The van der Waals surface area contributed by atoms with Gasteiger partial charge in [-0.15, -0.1) is 0 Å². The van der Waals surface area contributed by atoms with Crippen LogP contribution >= 0.6 is 11.6 Å². The Labute approximate surface area is 165 Å². The second kappa shape index (κ2) is 11.3. The minimum Gasteiger partial charge on any atom is -0.480 e. The van der Waals surface area contributed by atoms with Gasteiger partial charge in [-0.05, 0) is 56.2 Å². The zero-order chi connectivity index (χ0) is 19.6. The van der Waals surface area contributed by atoms with Crippen LogP contribution in [0, 0.1) is 0 Å². The smallest absolute Gasteiger partial charge is 0.329 e. The van der Waals surface area contributed by atoms with Gasteiger partial charge < -0.3 is 19.8 Å². The molecule has 1 aliphatic rings. The van der Waals surface area contributed by atoms with E-state index < -0.39 is 12.1 Å². The molecule has 1 heterocycles. The number of amides is 1. The van der Waals surface area contributed by atoms with Gasteiger partial charge in [0.05, 0.1) is 6.10 Å². The zero-order valence-electron chi connectivity index (χ0n) is 15.5. The van der Waals surface area contributed by atoms with E-state index in [0.717, 1.165) is 31.2 Å². The largest absolute Gasteiger partial charge is 0.480 e. The number of aliphatic hydroxyl groups excluding tert-OH is 1. The molecule has 0 aliphatic carbocycles. The first-order valence-corrected chi connectivity index (χ1v) is 9.85. The van der Waals surface area contributed by atoms with Crippen LogP contribution in [0.1, 0.15) is 44.1 Å². The molecule has 1 aliphatic heterocycles. The molecule has 2 unspecified atom stereocenters. The first kappa shape index (κ1) is 21.7. The van der Waals surface area contributed by atoms with Crippen molar-refractivity contribution in [2.75, 3.05) is 19.8 Å². The number of unbranched alkanes of at least 4 members (excludes halogenated alkanes) is 1. The maximum atomic E-state index is 12.1. The highest BCUT2D eigenvalue weighted by molar-refractivity contribution is 6.30. The molecule has 2 atom stereocenters. The van der Waals surface area contributed by atoms with Gasteiger partial charge in [0.15, 0.2) is 0 Å². The SMILES string of the molecule is O=C(O)COCCCCN1C(=O)CCC1CCC(O)Cc1cccc(Cl)c1. The molecule has 1 aromatic carbocycles. The quantitative estimate of drug-likeness (QED) is 0.529. The van der Waals surface area contributed by atoms with Crippen LogP contribution in [-0.2, 0) is 20.7 Å². The molecule has 0 saturated carbocycles. The van der Waals surface area contributed by atoms with Crippen LogP contribution in [0.25, 0.3) is 0 Å².